The summed E-state index contributed by atoms with van der Waals surface area (Å²) in [6.07, 6.45) is 111. The summed E-state index contributed by atoms with van der Waals surface area (Å²) in [6.45, 7) is 4.41. The van der Waals surface area contributed by atoms with Crippen molar-refractivity contribution >= 4 is 19.8 Å². The Morgan fingerprint density at radius 3 is 0.842 bits per heavy atom. The van der Waals surface area contributed by atoms with Crippen molar-refractivity contribution in [1.82, 2.24) is 0 Å². The summed E-state index contributed by atoms with van der Waals surface area (Å²) in [7, 11) is 1.50. The number of phosphoric acid groups is 1. The SMILES string of the molecule is CC/C=C\C/C=C\C/C=C\C/C=C\C/C=C\CCCCCCCCCCCCCCCCCCCCCCCCCCCC(=O)OC(COC(=O)CCCCCCCCCCCCCCCCCCCCCCCCCCCCCCCCCCCCCC)COP(=O)(O)OCC[N+](C)(C)C. The fourth-order valence-corrected chi connectivity index (χ4v) is 14.3. The van der Waals surface area contributed by atoms with Crippen molar-refractivity contribution in [3.63, 3.8) is 0 Å². The molecule has 0 aliphatic heterocycles. The van der Waals surface area contributed by atoms with E-state index in [1.807, 2.05) is 21.1 Å². The summed E-state index contributed by atoms with van der Waals surface area (Å²) < 4.78 is 34.9. The van der Waals surface area contributed by atoms with Gasteiger partial charge in [0.15, 0.2) is 6.10 Å². The Morgan fingerprint density at radius 2 is 0.564 bits per heavy atom. The van der Waals surface area contributed by atoms with E-state index in [2.05, 4.69) is 74.6 Å². The highest BCUT2D eigenvalue weighted by molar-refractivity contribution is 7.47. The van der Waals surface area contributed by atoms with Crippen molar-refractivity contribution in [1.29, 1.82) is 0 Å². The molecular weight excluding hydrogens is 1270 g/mol. The largest absolute Gasteiger partial charge is 0.472 e. The van der Waals surface area contributed by atoms with Crippen LogP contribution in [0.25, 0.3) is 0 Å². The number of phosphoric ester groups is 1. The third-order valence-electron chi connectivity index (χ3n) is 20.3. The maximum atomic E-state index is 12.9. The van der Waals surface area contributed by atoms with Gasteiger partial charge in [-0.1, -0.05) is 447 Å². The number of hydrogen-bond donors (Lipinski definition) is 1. The molecule has 0 saturated heterocycles. The fraction of sp³-hybridized carbons (Fsp3) is 0.868. The molecule has 0 aliphatic carbocycles. The van der Waals surface area contributed by atoms with Crippen LogP contribution in [-0.4, -0.2) is 74.9 Å². The van der Waals surface area contributed by atoms with Gasteiger partial charge in [-0.15, -0.1) is 0 Å². The maximum absolute atomic E-state index is 12.9. The normalized spacial score (nSPS) is 13.2. The molecule has 0 aromatic rings. The van der Waals surface area contributed by atoms with E-state index in [9.17, 15) is 19.0 Å². The highest BCUT2D eigenvalue weighted by Gasteiger charge is 2.27. The van der Waals surface area contributed by atoms with Gasteiger partial charge in [0.05, 0.1) is 27.7 Å². The van der Waals surface area contributed by atoms with Crippen LogP contribution in [0.2, 0.25) is 0 Å². The Balaban J connectivity index is 3.84. The van der Waals surface area contributed by atoms with Gasteiger partial charge in [-0.3, -0.25) is 18.6 Å². The lowest BCUT2D eigenvalue weighted by molar-refractivity contribution is -0.870. The monoisotopic (exact) mass is 1440 g/mol. The van der Waals surface area contributed by atoms with E-state index in [-0.39, 0.29) is 25.6 Å². The number of quaternary nitrogens is 1. The molecule has 2 atom stereocenters. The molecule has 0 bridgehead atoms. The Morgan fingerprint density at radius 1 is 0.317 bits per heavy atom. The second-order valence-corrected chi connectivity index (χ2v) is 33.1. The number of carbonyl (C=O) groups is 2. The first-order valence-corrected chi connectivity index (χ1v) is 46.0. The zero-order chi connectivity index (χ0) is 73.3. The van der Waals surface area contributed by atoms with Crippen LogP contribution in [-0.2, 0) is 32.7 Å². The van der Waals surface area contributed by atoms with E-state index in [4.69, 9.17) is 18.5 Å². The van der Waals surface area contributed by atoms with Crippen molar-refractivity contribution in [2.75, 3.05) is 47.5 Å². The van der Waals surface area contributed by atoms with Gasteiger partial charge in [0, 0.05) is 12.8 Å². The minimum absolute atomic E-state index is 0.0351. The van der Waals surface area contributed by atoms with Crippen LogP contribution in [0, 0.1) is 0 Å². The second-order valence-electron chi connectivity index (χ2n) is 31.6. The molecular formula is C91H173NO8P+. The molecule has 0 aromatic heterocycles. The predicted octanol–water partition coefficient (Wildman–Crippen LogP) is 30.0. The first-order chi connectivity index (χ1) is 49.5. The van der Waals surface area contributed by atoms with Crippen LogP contribution in [0.15, 0.2) is 60.8 Å². The van der Waals surface area contributed by atoms with Crippen molar-refractivity contribution in [3.05, 3.63) is 60.8 Å². The molecule has 10 heteroatoms. The predicted molar refractivity (Wildman–Crippen MR) is 441 cm³/mol. The summed E-state index contributed by atoms with van der Waals surface area (Å²) in [5.74, 6) is -0.769. The molecule has 101 heavy (non-hydrogen) atoms. The van der Waals surface area contributed by atoms with E-state index < -0.39 is 26.5 Å². The lowest BCUT2D eigenvalue weighted by Gasteiger charge is -2.24. The summed E-state index contributed by atoms with van der Waals surface area (Å²) >= 11 is 0. The third kappa shape index (κ3) is 86.5. The molecule has 0 aliphatic rings. The van der Waals surface area contributed by atoms with Gasteiger partial charge >= 0.3 is 19.8 Å². The number of unbranched alkanes of at least 4 members (excludes halogenated alkanes) is 60. The van der Waals surface area contributed by atoms with Crippen molar-refractivity contribution < 1.29 is 42.1 Å². The van der Waals surface area contributed by atoms with Gasteiger partial charge in [-0.25, -0.2) is 4.57 Å². The number of likely N-dealkylation sites (N-methyl/N-ethyl adjacent to an activating group) is 1. The highest BCUT2D eigenvalue weighted by atomic mass is 31.2. The summed E-state index contributed by atoms with van der Waals surface area (Å²) in [5, 5.41) is 0. The van der Waals surface area contributed by atoms with E-state index >= 15 is 0 Å². The number of esters is 2. The van der Waals surface area contributed by atoms with Gasteiger partial charge in [-0.2, -0.15) is 0 Å². The average Bonchev–Trinajstić information content (AvgIpc) is 1.02. The van der Waals surface area contributed by atoms with Crippen LogP contribution in [0.5, 0.6) is 0 Å². The summed E-state index contributed by atoms with van der Waals surface area (Å²) in [5.41, 5.74) is 0. The number of allylic oxidation sites excluding steroid dienone is 10. The lowest BCUT2D eigenvalue weighted by Crippen LogP contribution is -2.37. The third-order valence-corrected chi connectivity index (χ3v) is 21.3. The summed E-state index contributed by atoms with van der Waals surface area (Å²) in [4.78, 5) is 36.1. The van der Waals surface area contributed by atoms with Crippen LogP contribution < -0.4 is 0 Å². The maximum Gasteiger partial charge on any atom is 0.472 e. The van der Waals surface area contributed by atoms with E-state index in [0.717, 1.165) is 64.2 Å². The smallest absolute Gasteiger partial charge is 0.462 e. The number of carbonyl (C=O) groups excluding carboxylic acids is 2. The van der Waals surface area contributed by atoms with Gasteiger partial charge in [-0.05, 0) is 57.8 Å². The number of ether oxygens (including phenoxy) is 2. The Kier molecular flexibility index (Phi) is 79.9. The number of nitrogens with zero attached hydrogens (tertiary/aromatic N) is 1. The quantitative estimate of drug-likeness (QED) is 0.0211. The standard InChI is InChI=1S/C91H172NO8P/c1-6-8-10-12-14-16-18-20-22-24-26-28-30-32-34-36-38-40-42-44-45-46-47-48-50-52-54-56-58-60-62-64-66-68-70-72-74-76-78-80-82-84-91(94)100-89(88-99-101(95,96)98-86-85-92(3,4)5)87-97-90(93)83-81-79-77-75-73-71-69-67-65-63-61-59-57-55-53-51-49-43-41-39-37-35-33-31-29-27-25-23-21-19-17-15-13-11-9-7-2/h8,10,14,16,20,22,26,28,32,34,89H,6-7,9,11-13,15,17-19,21,23-25,27,29-31,33,35-88H2,1-5H3/p+1/b10-8-,16-14-,22-20-,28-26-,34-32-. The molecule has 0 heterocycles. The van der Waals surface area contributed by atoms with Crippen LogP contribution in [0.4, 0.5) is 0 Å². The molecule has 0 spiro atoms. The van der Waals surface area contributed by atoms with Gasteiger partial charge in [0.25, 0.3) is 0 Å². The number of hydrogen-bond acceptors (Lipinski definition) is 7. The molecule has 0 fully saturated rings. The molecule has 1 N–H and O–H groups in total. The molecule has 0 rings (SSSR count). The highest BCUT2D eigenvalue weighted by Crippen LogP contribution is 2.43. The van der Waals surface area contributed by atoms with Crippen molar-refractivity contribution in [2.24, 2.45) is 0 Å². The Labute approximate surface area is 629 Å². The number of rotatable bonds is 84. The Hall–Kier alpha value is -2.29. The van der Waals surface area contributed by atoms with Crippen LogP contribution in [0.3, 0.4) is 0 Å². The second kappa shape index (κ2) is 81.8. The molecule has 0 amide bonds. The van der Waals surface area contributed by atoms with E-state index in [1.54, 1.807) is 0 Å². The van der Waals surface area contributed by atoms with Gasteiger partial charge in [0.1, 0.15) is 19.8 Å². The molecule has 594 valence electrons. The minimum Gasteiger partial charge on any atom is -0.462 e. The van der Waals surface area contributed by atoms with Gasteiger partial charge in [0.2, 0.25) is 0 Å². The van der Waals surface area contributed by atoms with Crippen molar-refractivity contribution in [2.45, 2.75) is 463 Å². The fourth-order valence-electron chi connectivity index (χ4n) is 13.6. The summed E-state index contributed by atoms with van der Waals surface area (Å²) in [6, 6.07) is 0. The topological polar surface area (TPSA) is 108 Å². The molecule has 0 aromatic carbocycles. The Bertz CT molecular complexity index is 1890. The minimum atomic E-state index is -4.40. The van der Waals surface area contributed by atoms with Crippen LogP contribution >= 0.6 is 7.82 Å². The van der Waals surface area contributed by atoms with E-state index in [1.165, 1.54) is 360 Å². The van der Waals surface area contributed by atoms with Crippen LogP contribution in [0.1, 0.15) is 457 Å². The molecule has 0 saturated carbocycles. The first-order valence-electron chi connectivity index (χ1n) is 44.5. The van der Waals surface area contributed by atoms with Crippen molar-refractivity contribution in [3.8, 4) is 0 Å². The van der Waals surface area contributed by atoms with Gasteiger partial charge < -0.3 is 18.9 Å². The first kappa shape index (κ1) is 98.7. The molecule has 2 unspecified atom stereocenters. The average molecular weight is 1440 g/mol. The molecule has 0 radical (unpaired) electrons. The van der Waals surface area contributed by atoms with E-state index in [0.29, 0.717) is 23.9 Å². The lowest BCUT2D eigenvalue weighted by atomic mass is 10.0. The molecule has 9 nitrogen and oxygen atoms in total. The zero-order valence-electron chi connectivity index (χ0n) is 68.2. The zero-order valence-corrected chi connectivity index (χ0v) is 69.1.